The van der Waals surface area contributed by atoms with Crippen LogP contribution in [0, 0.1) is 0 Å². The Kier molecular flexibility index (Phi) is 4.93. The van der Waals surface area contributed by atoms with Crippen LogP contribution in [0.25, 0.3) is 10.9 Å². The fourth-order valence-electron chi connectivity index (χ4n) is 2.04. The van der Waals surface area contributed by atoms with Gasteiger partial charge in [-0.25, -0.2) is 4.98 Å². The van der Waals surface area contributed by atoms with Crippen molar-refractivity contribution in [2.75, 3.05) is 13.7 Å². The largest absolute Gasteiger partial charge is 0.478 e. The molecule has 1 aromatic carbocycles. The van der Waals surface area contributed by atoms with E-state index in [-0.39, 0.29) is 0 Å². The van der Waals surface area contributed by atoms with Crippen LogP contribution in [0.15, 0.2) is 43.0 Å². The van der Waals surface area contributed by atoms with E-state index in [1.165, 1.54) is 10.9 Å². The van der Waals surface area contributed by atoms with Gasteiger partial charge in [-0.15, -0.1) is 6.58 Å². The Morgan fingerprint density at radius 1 is 1.37 bits per heavy atom. The summed E-state index contributed by atoms with van der Waals surface area (Å²) in [5.74, 6) is 0.702. The SMILES string of the molecule is C=CCCCOc1cc(CNC)c2ccccc2n1. The van der Waals surface area contributed by atoms with Crippen LogP contribution < -0.4 is 10.1 Å². The molecule has 2 aromatic rings. The second-order valence-corrected chi connectivity index (χ2v) is 4.45. The molecule has 0 saturated carbocycles. The molecule has 3 heteroatoms. The first-order chi connectivity index (χ1) is 9.35. The quantitative estimate of drug-likeness (QED) is 0.609. The number of rotatable bonds is 7. The third-order valence-electron chi connectivity index (χ3n) is 2.95. The van der Waals surface area contributed by atoms with Gasteiger partial charge in [0.1, 0.15) is 0 Å². The maximum atomic E-state index is 5.72. The second-order valence-electron chi connectivity index (χ2n) is 4.45. The first-order valence-electron chi connectivity index (χ1n) is 6.62. The third-order valence-corrected chi connectivity index (χ3v) is 2.95. The van der Waals surface area contributed by atoms with Crippen molar-refractivity contribution >= 4 is 10.9 Å². The van der Waals surface area contributed by atoms with Gasteiger partial charge in [0, 0.05) is 18.0 Å². The lowest BCUT2D eigenvalue weighted by Gasteiger charge is -2.10. The van der Waals surface area contributed by atoms with Crippen LogP contribution in [-0.4, -0.2) is 18.6 Å². The molecule has 1 heterocycles. The minimum Gasteiger partial charge on any atom is -0.478 e. The van der Waals surface area contributed by atoms with E-state index in [9.17, 15) is 0 Å². The summed E-state index contributed by atoms with van der Waals surface area (Å²) in [7, 11) is 1.94. The Bertz CT molecular complexity index is 551. The second kappa shape index (κ2) is 6.90. The molecule has 0 saturated heterocycles. The van der Waals surface area contributed by atoms with Crippen molar-refractivity contribution in [1.82, 2.24) is 10.3 Å². The number of para-hydroxylation sites is 1. The lowest BCUT2D eigenvalue weighted by atomic mass is 10.1. The zero-order valence-corrected chi connectivity index (χ0v) is 11.4. The normalized spacial score (nSPS) is 10.6. The van der Waals surface area contributed by atoms with E-state index in [1.807, 2.05) is 37.4 Å². The summed E-state index contributed by atoms with van der Waals surface area (Å²) in [6.45, 7) is 5.19. The van der Waals surface area contributed by atoms with Gasteiger partial charge in [0.25, 0.3) is 0 Å². The molecule has 100 valence electrons. The zero-order chi connectivity index (χ0) is 13.5. The average molecular weight is 256 g/mol. The number of fused-ring (bicyclic) bond motifs is 1. The number of pyridine rings is 1. The number of nitrogens with zero attached hydrogens (tertiary/aromatic N) is 1. The molecule has 0 fully saturated rings. The van der Waals surface area contributed by atoms with Gasteiger partial charge in [-0.1, -0.05) is 24.3 Å². The van der Waals surface area contributed by atoms with Gasteiger partial charge in [0.2, 0.25) is 5.88 Å². The van der Waals surface area contributed by atoms with E-state index in [0.29, 0.717) is 12.5 Å². The maximum Gasteiger partial charge on any atom is 0.214 e. The molecule has 0 radical (unpaired) electrons. The first-order valence-corrected chi connectivity index (χ1v) is 6.62. The van der Waals surface area contributed by atoms with E-state index >= 15 is 0 Å². The molecule has 19 heavy (non-hydrogen) atoms. The molecule has 0 atom stereocenters. The van der Waals surface area contributed by atoms with Crippen LogP contribution in [-0.2, 0) is 6.54 Å². The van der Waals surface area contributed by atoms with Crippen molar-refractivity contribution in [3.8, 4) is 5.88 Å². The number of benzene rings is 1. The van der Waals surface area contributed by atoms with Crippen LogP contribution in [0.3, 0.4) is 0 Å². The van der Waals surface area contributed by atoms with Gasteiger partial charge in [0.05, 0.1) is 12.1 Å². The molecule has 0 unspecified atom stereocenters. The molecule has 0 spiro atoms. The van der Waals surface area contributed by atoms with Crippen LogP contribution in [0.1, 0.15) is 18.4 Å². The smallest absolute Gasteiger partial charge is 0.214 e. The Morgan fingerprint density at radius 3 is 3.00 bits per heavy atom. The van der Waals surface area contributed by atoms with Crippen molar-refractivity contribution in [1.29, 1.82) is 0 Å². The fourth-order valence-corrected chi connectivity index (χ4v) is 2.04. The molecule has 0 aliphatic heterocycles. The maximum absolute atomic E-state index is 5.72. The van der Waals surface area contributed by atoms with Gasteiger partial charge in [-0.05, 0) is 31.5 Å². The van der Waals surface area contributed by atoms with Crippen LogP contribution in [0.5, 0.6) is 5.88 Å². The number of unbranched alkanes of at least 4 members (excludes halogenated alkanes) is 1. The molecule has 2 rings (SSSR count). The van der Waals surface area contributed by atoms with Crippen LogP contribution >= 0.6 is 0 Å². The van der Waals surface area contributed by atoms with Crippen molar-refractivity contribution in [3.63, 3.8) is 0 Å². The molecule has 1 aromatic heterocycles. The number of nitrogens with one attached hydrogen (secondary N) is 1. The number of hydrogen-bond acceptors (Lipinski definition) is 3. The monoisotopic (exact) mass is 256 g/mol. The van der Waals surface area contributed by atoms with E-state index in [2.05, 4.69) is 22.9 Å². The standard InChI is InChI=1S/C16H20N2O/c1-3-4-7-10-19-16-11-13(12-17-2)14-8-5-6-9-15(14)18-16/h3,5-6,8-9,11,17H,1,4,7,10,12H2,2H3. The molecule has 1 N–H and O–H groups in total. The molecular weight excluding hydrogens is 236 g/mol. The van der Waals surface area contributed by atoms with Crippen LogP contribution in [0.4, 0.5) is 0 Å². The van der Waals surface area contributed by atoms with Crippen molar-refractivity contribution in [2.45, 2.75) is 19.4 Å². The van der Waals surface area contributed by atoms with Gasteiger partial charge in [-0.3, -0.25) is 0 Å². The van der Waals surface area contributed by atoms with E-state index < -0.39 is 0 Å². The number of aromatic nitrogens is 1. The number of hydrogen-bond donors (Lipinski definition) is 1. The van der Waals surface area contributed by atoms with Crippen molar-refractivity contribution in [3.05, 3.63) is 48.6 Å². The van der Waals surface area contributed by atoms with Gasteiger partial charge >= 0.3 is 0 Å². The highest BCUT2D eigenvalue weighted by Crippen LogP contribution is 2.22. The minimum absolute atomic E-state index is 0.677. The summed E-state index contributed by atoms with van der Waals surface area (Å²) < 4.78 is 5.72. The highest BCUT2D eigenvalue weighted by Gasteiger charge is 2.05. The predicted molar refractivity (Wildman–Crippen MR) is 79.4 cm³/mol. The van der Waals surface area contributed by atoms with E-state index in [4.69, 9.17) is 4.74 Å². The van der Waals surface area contributed by atoms with Gasteiger partial charge < -0.3 is 10.1 Å². The fraction of sp³-hybridized carbons (Fsp3) is 0.312. The Morgan fingerprint density at radius 2 is 2.21 bits per heavy atom. The van der Waals surface area contributed by atoms with Gasteiger partial charge in [0.15, 0.2) is 0 Å². The van der Waals surface area contributed by atoms with Crippen molar-refractivity contribution in [2.24, 2.45) is 0 Å². The Balaban J connectivity index is 2.22. The molecule has 0 aliphatic carbocycles. The number of allylic oxidation sites excluding steroid dienone is 1. The highest BCUT2D eigenvalue weighted by molar-refractivity contribution is 5.82. The first kappa shape index (κ1) is 13.6. The van der Waals surface area contributed by atoms with E-state index in [1.54, 1.807) is 0 Å². The molecule has 0 amide bonds. The third kappa shape index (κ3) is 3.55. The summed E-state index contributed by atoms with van der Waals surface area (Å²) in [6.07, 6.45) is 3.85. The molecule has 0 bridgehead atoms. The molecule has 0 aliphatic rings. The number of ether oxygens (including phenoxy) is 1. The summed E-state index contributed by atoms with van der Waals surface area (Å²) >= 11 is 0. The minimum atomic E-state index is 0.677. The summed E-state index contributed by atoms with van der Waals surface area (Å²) in [5.41, 5.74) is 2.20. The lowest BCUT2D eigenvalue weighted by Crippen LogP contribution is -2.07. The summed E-state index contributed by atoms with van der Waals surface area (Å²) in [6, 6.07) is 10.2. The summed E-state index contributed by atoms with van der Waals surface area (Å²) in [5, 5.41) is 4.36. The highest BCUT2D eigenvalue weighted by atomic mass is 16.5. The summed E-state index contributed by atoms with van der Waals surface area (Å²) in [4.78, 5) is 4.54. The van der Waals surface area contributed by atoms with Crippen molar-refractivity contribution < 1.29 is 4.74 Å². The Hall–Kier alpha value is -1.87. The topological polar surface area (TPSA) is 34.1 Å². The molecule has 3 nitrogen and oxygen atoms in total. The average Bonchev–Trinajstić information content (AvgIpc) is 2.44. The zero-order valence-electron chi connectivity index (χ0n) is 11.4. The Labute approximate surface area is 114 Å². The van der Waals surface area contributed by atoms with E-state index in [0.717, 1.165) is 24.9 Å². The molecular formula is C16H20N2O. The van der Waals surface area contributed by atoms with Crippen LogP contribution in [0.2, 0.25) is 0 Å². The predicted octanol–water partition coefficient (Wildman–Crippen LogP) is 3.30. The lowest BCUT2D eigenvalue weighted by molar-refractivity contribution is 0.301. The van der Waals surface area contributed by atoms with Gasteiger partial charge in [-0.2, -0.15) is 0 Å².